The average molecular weight is 403 g/mol. The molecule has 6 nitrogen and oxygen atoms in total. The number of hydrogen-bond donors (Lipinski definition) is 0. The largest absolute Gasteiger partial charge is 0.433 e. The molecule has 0 unspecified atom stereocenters. The standard InChI is InChI=1S/C20H20F3N5O/c1-26-9-2-4-16(26)19(29)28-11-3-10-27(12-13-28)18-14-5-6-17(20(21,22)23)25-15(14)7-8-24-18/h2,4-9H,3,10-13H2,1H3. The molecule has 0 aliphatic carbocycles. The van der Waals surface area contributed by atoms with Gasteiger partial charge in [-0.2, -0.15) is 13.2 Å². The summed E-state index contributed by atoms with van der Waals surface area (Å²) in [6, 6.07) is 7.51. The summed E-state index contributed by atoms with van der Waals surface area (Å²) in [5, 5.41) is 0.572. The summed E-state index contributed by atoms with van der Waals surface area (Å²) in [7, 11) is 1.83. The van der Waals surface area contributed by atoms with Gasteiger partial charge in [0.05, 0.1) is 5.52 Å². The lowest BCUT2D eigenvalue weighted by molar-refractivity contribution is -0.140. The molecule has 0 saturated carbocycles. The van der Waals surface area contributed by atoms with E-state index in [1.54, 1.807) is 15.5 Å². The van der Waals surface area contributed by atoms with Crippen molar-refractivity contribution in [1.29, 1.82) is 0 Å². The predicted octanol–water partition coefficient (Wildman–Crippen LogP) is 3.34. The van der Waals surface area contributed by atoms with Gasteiger partial charge in [0.25, 0.3) is 5.91 Å². The number of amides is 1. The number of alkyl halides is 3. The van der Waals surface area contributed by atoms with Gasteiger partial charge in [0.15, 0.2) is 0 Å². The van der Waals surface area contributed by atoms with E-state index in [4.69, 9.17) is 0 Å². The topological polar surface area (TPSA) is 54.3 Å². The number of aryl methyl sites for hydroxylation is 1. The van der Waals surface area contributed by atoms with Crippen molar-refractivity contribution in [1.82, 2.24) is 19.4 Å². The van der Waals surface area contributed by atoms with Gasteiger partial charge in [0.2, 0.25) is 0 Å². The van der Waals surface area contributed by atoms with Crippen molar-refractivity contribution < 1.29 is 18.0 Å². The number of aromatic nitrogens is 3. The number of fused-ring (bicyclic) bond motifs is 1. The van der Waals surface area contributed by atoms with Gasteiger partial charge in [-0.25, -0.2) is 9.97 Å². The van der Waals surface area contributed by atoms with Crippen LogP contribution in [0.4, 0.5) is 19.0 Å². The summed E-state index contributed by atoms with van der Waals surface area (Å²) in [5.74, 6) is 0.568. The molecule has 3 aromatic rings. The molecular formula is C20H20F3N5O. The van der Waals surface area contributed by atoms with Gasteiger partial charge in [-0.05, 0) is 36.8 Å². The molecule has 152 valence electrons. The Morgan fingerprint density at radius 1 is 1.07 bits per heavy atom. The lowest BCUT2D eigenvalue weighted by Gasteiger charge is -2.24. The SMILES string of the molecule is Cn1cccc1C(=O)N1CCCN(c2nccc3nc(C(F)(F)F)ccc23)CC1. The molecule has 4 heterocycles. The summed E-state index contributed by atoms with van der Waals surface area (Å²) >= 11 is 0. The molecule has 0 atom stereocenters. The zero-order valence-corrected chi connectivity index (χ0v) is 15.9. The van der Waals surface area contributed by atoms with E-state index in [9.17, 15) is 18.0 Å². The molecule has 1 aliphatic rings. The maximum absolute atomic E-state index is 13.0. The van der Waals surface area contributed by atoms with E-state index >= 15 is 0 Å². The van der Waals surface area contributed by atoms with Gasteiger partial charge in [-0.15, -0.1) is 0 Å². The molecule has 1 fully saturated rings. The third-order valence-electron chi connectivity index (χ3n) is 5.13. The quantitative estimate of drug-likeness (QED) is 0.659. The van der Waals surface area contributed by atoms with Crippen molar-refractivity contribution >= 4 is 22.6 Å². The van der Waals surface area contributed by atoms with Crippen LogP contribution in [0.2, 0.25) is 0 Å². The summed E-state index contributed by atoms with van der Waals surface area (Å²) in [5.41, 5.74) is -0.0335. The van der Waals surface area contributed by atoms with E-state index < -0.39 is 11.9 Å². The van der Waals surface area contributed by atoms with E-state index in [1.165, 1.54) is 18.3 Å². The number of pyridine rings is 2. The van der Waals surface area contributed by atoms with Crippen molar-refractivity contribution in [2.24, 2.45) is 7.05 Å². The molecule has 1 saturated heterocycles. The third-order valence-corrected chi connectivity index (χ3v) is 5.13. The number of anilines is 1. The van der Waals surface area contributed by atoms with Crippen LogP contribution in [0.3, 0.4) is 0 Å². The summed E-state index contributed by atoms with van der Waals surface area (Å²) < 4.78 is 40.7. The monoisotopic (exact) mass is 403 g/mol. The lowest BCUT2D eigenvalue weighted by Crippen LogP contribution is -2.36. The maximum Gasteiger partial charge on any atom is 0.433 e. The minimum Gasteiger partial charge on any atom is -0.354 e. The number of carbonyl (C=O) groups is 1. The average Bonchev–Trinajstić information content (AvgIpc) is 2.97. The maximum atomic E-state index is 13.0. The first-order chi connectivity index (χ1) is 13.8. The molecule has 0 spiro atoms. The highest BCUT2D eigenvalue weighted by molar-refractivity contribution is 5.93. The molecule has 4 rings (SSSR count). The highest BCUT2D eigenvalue weighted by atomic mass is 19.4. The van der Waals surface area contributed by atoms with Crippen LogP contribution >= 0.6 is 0 Å². The van der Waals surface area contributed by atoms with Crippen LogP contribution in [0.5, 0.6) is 0 Å². The molecule has 29 heavy (non-hydrogen) atoms. The second-order valence-electron chi connectivity index (χ2n) is 7.03. The van der Waals surface area contributed by atoms with Crippen molar-refractivity contribution in [2.75, 3.05) is 31.1 Å². The Kier molecular flexibility index (Phi) is 4.89. The third kappa shape index (κ3) is 3.76. The minimum atomic E-state index is -4.49. The number of nitrogens with zero attached hydrogens (tertiary/aromatic N) is 5. The summed E-state index contributed by atoms with van der Waals surface area (Å²) in [6.45, 7) is 2.32. The normalized spacial score (nSPS) is 15.6. The van der Waals surface area contributed by atoms with Crippen LogP contribution in [0.25, 0.3) is 10.9 Å². The van der Waals surface area contributed by atoms with Crippen molar-refractivity contribution in [3.05, 3.63) is 54.1 Å². The second-order valence-corrected chi connectivity index (χ2v) is 7.03. The molecule has 9 heteroatoms. The van der Waals surface area contributed by atoms with Crippen LogP contribution < -0.4 is 4.90 Å². The van der Waals surface area contributed by atoms with E-state index in [0.29, 0.717) is 43.1 Å². The first-order valence-electron chi connectivity index (χ1n) is 9.33. The first-order valence-corrected chi connectivity index (χ1v) is 9.33. The summed E-state index contributed by atoms with van der Waals surface area (Å²) in [6.07, 6.45) is -0.442. The zero-order chi connectivity index (χ0) is 20.6. The van der Waals surface area contributed by atoms with Crippen molar-refractivity contribution in [3.8, 4) is 0 Å². The van der Waals surface area contributed by atoms with Crippen molar-refractivity contribution in [2.45, 2.75) is 12.6 Å². The lowest BCUT2D eigenvalue weighted by atomic mass is 10.2. The van der Waals surface area contributed by atoms with Crippen molar-refractivity contribution in [3.63, 3.8) is 0 Å². The fourth-order valence-corrected chi connectivity index (χ4v) is 3.63. The molecule has 0 bridgehead atoms. The Bertz CT molecular complexity index is 1050. The smallest absolute Gasteiger partial charge is 0.354 e. The minimum absolute atomic E-state index is 0.0262. The first kappa shape index (κ1) is 19.2. The second kappa shape index (κ2) is 7.38. The fourth-order valence-electron chi connectivity index (χ4n) is 3.63. The van der Waals surface area contributed by atoms with Gasteiger partial charge in [-0.1, -0.05) is 0 Å². The molecule has 1 amide bonds. The van der Waals surface area contributed by atoms with E-state index in [0.717, 1.165) is 12.5 Å². The van der Waals surface area contributed by atoms with Gasteiger partial charge < -0.3 is 14.4 Å². The van der Waals surface area contributed by atoms with Crippen LogP contribution in [-0.2, 0) is 13.2 Å². The van der Waals surface area contributed by atoms with E-state index in [1.807, 2.05) is 24.2 Å². The predicted molar refractivity (Wildman–Crippen MR) is 103 cm³/mol. The molecule has 0 N–H and O–H groups in total. The number of hydrogen-bond acceptors (Lipinski definition) is 4. The number of carbonyl (C=O) groups excluding carboxylic acids is 1. The van der Waals surface area contributed by atoms with Crippen LogP contribution in [0.15, 0.2) is 42.7 Å². The molecule has 3 aromatic heterocycles. The number of halogens is 3. The fraction of sp³-hybridized carbons (Fsp3) is 0.350. The summed E-state index contributed by atoms with van der Waals surface area (Å²) in [4.78, 5) is 24.7. The van der Waals surface area contributed by atoms with Gasteiger partial charge in [-0.3, -0.25) is 4.79 Å². The molecule has 0 aromatic carbocycles. The molecule has 1 aliphatic heterocycles. The van der Waals surface area contributed by atoms with Crippen LogP contribution in [0.1, 0.15) is 22.6 Å². The Labute approximate surface area is 165 Å². The molecule has 0 radical (unpaired) electrons. The van der Waals surface area contributed by atoms with Crippen LogP contribution in [-0.4, -0.2) is 51.5 Å². The Balaban J connectivity index is 1.57. The van der Waals surface area contributed by atoms with Gasteiger partial charge in [0, 0.05) is 51.0 Å². The van der Waals surface area contributed by atoms with Crippen LogP contribution in [0, 0.1) is 0 Å². The molecular weight excluding hydrogens is 383 g/mol. The van der Waals surface area contributed by atoms with E-state index in [-0.39, 0.29) is 11.4 Å². The van der Waals surface area contributed by atoms with Gasteiger partial charge in [0.1, 0.15) is 17.2 Å². The van der Waals surface area contributed by atoms with E-state index in [2.05, 4.69) is 9.97 Å². The Morgan fingerprint density at radius 2 is 1.90 bits per heavy atom. The Hall–Kier alpha value is -3.10. The van der Waals surface area contributed by atoms with Gasteiger partial charge >= 0.3 is 6.18 Å². The Morgan fingerprint density at radius 3 is 2.62 bits per heavy atom. The highest BCUT2D eigenvalue weighted by Gasteiger charge is 2.32. The zero-order valence-electron chi connectivity index (χ0n) is 15.9. The number of rotatable bonds is 2. The highest BCUT2D eigenvalue weighted by Crippen LogP contribution is 2.31.